The summed E-state index contributed by atoms with van der Waals surface area (Å²) in [5.74, 6) is -1.19. The van der Waals surface area contributed by atoms with E-state index in [1.54, 1.807) is 0 Å². The fraction of sp³-hybridized carbons (Fsp3) is 0.667. The van der Waals surface area contributed by atoms with Gasteiger partial charge in [-0.05, 0) is 25.7 Å². The van der Waals surface area contributed by atoms with Crippen molar-refractivity contribution in [1.82, 2.24) is 0 Å². The molecule has 0 unspecified atom stereocenters. The molecule has 0 bridgehead atoms. The molecule has 0 atom stereocenters. The standard InChI is InChI=1S/C9H15N3O3/c1-14-9(13)7(8(10)11)12-15-6-4-2-3-5-6/h6H,2-5H2,1H3,(H3,10,11)/b12-7+. The highest BCUT2D eigenvalue weighted by Gasteiger charge is 2.20. The number of hydrogen-bond acceptors (Lipinski definition) is 5. The highest BCUT2D eigenvalue weighted by Crippen LogP contribution is 2.20. The number of nitrogens with two attached hydrogens (primary N) is 1. The summed E-state index contributed by atoms with van der Waals surface area (Å²) >= 11 is 0. The van der Waals surface area contributed by atoms with E-state index in [4.69, 9.17) is 16.0 Å². The summed E-state index contributed by atoms with van der Waals surface area (Å²) in [6.45, 7) is 0. The number of hydrogen-bond donors (Lipinski definition) is 2. The first-order valence-electron chi connectivity index (χ1n) is 4.81. The quantitative estimate of drug-likeness (QED) is 0.306. The summed E-state index contributed by atoms with van der Waals surface area (Å²) in [5, 5.41) is 10.7. The van der Waals surface area contributed by atoms with Gasteiger partial charge in [0.1, 0.15) is 6.10 Å². The number of nitrogens with one attached hydrogen (secondary N) is 1. The largest absolute Gasteiger partial charge is 0.464 e. The molecule has 1 aliphatic rings. The Kier molecular flexibility index (Phi) is 4.08. The molecule has 0 aromatic heterocycles. The molecule has 0 saturated heterocycles. The van der Waals surface area contributed by atoms with Crippen LogP contribution in [0.15, 0.2) is 5.16 Å². The third-order valence-electron chi connectivity index (χ3n) is 2.23. The molecule has 0 heterocycles. The average molecular weight is 213 g/mol. The molecule has 0 aromatic carbocycles. The van der Waals surface area contributed by atoms with Crippen molar-refractivity contribution in [2.75, 3.05) is 7.11 Å². The van der Waals surface area contributed by atoms with E-state index in [0.29, 0.717) is 0 Å². The zero-order valence-electron chi connectivity index (χ0n) is 8.66. The first-order chi connectivity index (χ1) is 7.15. The Bertz CT molecular complexity index is 282. The summed E-state index contributed by atoms with van der Waals surface area (Å²) in [6, 6.07) is 0. The SMILES string of the molecule is COC(=O)/C(=N/OC1CCCC1)C(=N)N. The molecule has 0 spiro atoms. The molecular formula is C9H15N3O3. The van der Waals surface area contributed by atoms with Gasteiger partial charge in [0.05, 0.1) is 7.11 Å². The summed E-state index contributed by atoms with van der Waals surface area (Å²) in [6.07, 6.45) is 4.09. The van der Waals surface area contributed by atoms with Gasteiger partial charge in [-0.25, -0.2) is 4.79 Å². The van der Waals surface area contributed by atoms with E-state index in [-0.39, 0.29) is 11.8 Å². The number of rotatable bonds is 4. The maximum atomic E-state index is 11.1. The minimum atomic E-state index is -0.750. The van der Waals surface area contributed by atoms with E-state index < -0.39 is 11.8 Å². The van der Waals surface area contributed by atoms with Gasteiger partial charge in [0, 0.05) is 0 Å². The summed E-state index contributed by atoms with van der Waals surface area (Å²) in [4.78, 5) is 16.2. The van der Waals surface area contributed by atoms with Gasteiger partial charge in [-0.15, -0.1) is 0 Å². The third kappa shape index (κ3) is 3.23. The van der Waals surface area contributed by atoms with Gasteiger partial charge >= 0.3 is 5.97 Å². The van der Waals surface area contributed by atoms with E-state index in [1.165, 1.54) is 7.11 Å². The van der Waals surface area contributed by atoms with Crippen LogP contribution in [0, 0.1) is 5.41 Å². The van der Waals surface area contributed by atoms with Crippen LogP contribution < -0.4 is 5.73 Å². The molecular weight excluding hydrogens is 198 g/mol. The lowest BCUT2D eigenvalue weighted by atomic mass is 10.3. The van der Waals surface area contributed by atoms with Crippen molar-refractivity contribution in [3.63, 3.8) is 0 Å². The van der Waals surface area contributed by atoms with Gasteiger partial charge in [0.15, 0.2) is 5.84 Å². The number of carbonyl (C=O) groups is 1. The van der Waals surface area contributed by atoms with Crippen LogP contribution in [0.25, 0.3) is 0 Å². The van der Waals surface area contributed by atoms with Crippen LogP contribution in [0.4, 0.5) is 0 Å². The van der Waals surface area contributed by atoms with Crippen molar-refractivity contribution < 1.29 is 14.4 Å². The van der Waals surface area contributed by atoms with Gasteiger partial charge in [-0.3, -0.25) is 5.41 Å². The Balaban J connectivity index is 2.58. The molecule has 84 valence electrons. The van der Waals surface area contributed by atoms with Crippen LogP contribution in [-0.4, -0.2) is 30.7 Å². The second-order valence-electron chi connectivity index (χ2n) is 3.36. The zero-order valence-corrected chi connectivity index (χ0v) is 8.66. The molecule has 3 N–H and O–H groups in total. The van der Waals surface area contributed by atoms with Gasteiger partial charge in [0.25, 0.3) is 0 Å². The number of esters is 1. The Morgan fingerprint density at radius 2 is 2.07 bits per heavy atom. The zero-order chi connectivity index (χ0) is 11.3. The second-order valence-corrected chi connectivity index (χ2v) is 3.36. The molecule has 6 nitrogen and oxygen atoms in total. The molecule has 6 heteroatoms. The van der Waals surface area contributed by atoms with E-state index in [9.17, 15) is 4.79 Å². The summed E-state index contributed by atoms with van der Waals surface area (Å²) < 4.78 is 4.42. The van der Waals surface area contributed by atoms with E-state index >= 15 is 0 Å². The van der Waals surface area contributed by atoms with Crippen LogP contribution in [-0.2, 0) is 14.4 Å². The molecule has 1 rings (SSSR count). The number of oxime groups is 1. The highest BCUT2D eigenvalue weighted by molar-refractivity contribution is 6.64. The molecule has 0 amide bonds. The Morgan fingerprint density at radius 1 is 1.47 bits per heavy atom. The predicted molar refractivity (Wildman–Crippen MR) is 54.7 cm³/mol. The van der Waals surface area contributed by atoms with Crippen molar-refractivity contribution in [2.45, 2.75) is 31.8 Å². The molecule has 0 aliphatic heterocycles. The van der Waals surface area contributed by atoms with Gasteiger partial charge in [-0.2, -0.15) is 0 Å². The van der Waals surface area contributed by atoms with Crippen LogP contribution >= 0.6 is 0 Å². The monoisotopic (exact) mass is 213 g/mol. The normalized spacial score (nSPS) is 17.5. The Morgan fingerprint density at radius 3 is 2.53 bits per heavy atom. The van der Waals surface area contributed by atoms with Crippen molar-refractivity contribution in [2.24, 2.45) is 10.9 Å². The molecule has 1 fully saturated rings. The predicted octanol–water partition coefficient (Wildman–Crippen LogP) is 0.411. The van der Waals surface area contributed by atoms with Crippen molar-refractivity contribution in [3.05, 3.63) is 0 Å². The molecule has 15 heavy (non-hydrogen) atoms. The fourth-order valence-electron chi connectivity index (χ4n) is 1.41. The first kappa shape index (κ1) is 11.5. The Hall–Kier alpha value is -1.59. The summed E-state index contributed by atoms with van der Waals surface area (Å²) in [5.41, 5.74) is 4.90. The van der Waals surface area contributed by atoms with Crippen LogP contribution in [0.2, 0.25) is 0 Å². The maximum Gasteiger partial charge on any atom is 0.363 e. The van der Waals surface area contributed by atoms with E-state index in [0.717, 1.165) is 25.7 Å². The van der Waals surface area contributed by atoms with Crippen LogP contribution in [0.1, 0.15) is 25.7 Å². The molecule has 0 aromatic rings. The van der Waals surface area contributed by atoms with Gasteiger partial charge in [0.2, 0.25) is 5.71 Å². The average Bonchev–Trinajstić information content (AvgIpc) is 2.70. The minimum Gasteiger partial charge on any atom is -0.464 e. The second kappa shape index (κ2) is 5.33. The van der Waals surface area contributed by atoms with E-state index in [2.05, 4.69) is 9.89 Å². The lowest BCUT2D eigenvalue weighted by Crippen LogP contribution is -2.31. The Labute approximate surface area is 87.9 Å². The minimum absolute atomic E-state index is 0.0315. The number of carbonyl (C=O) groups excluding carboxylic acids is 1. The number of nitrogens with zero attached hydrogens (tertiary/aromatic N) is 1. The van der Waals surface area contributed by atoms with Crippen molar-refractivity contribution >= 4 is 17.5 Å². The lowest BCUT2D eigenvalue weighted by molar-refractivity contribution is -0.132. The number of methoxy groups -OCH3 is 1. The van der Waals surface area contributed by atoms with Crippen molar-refractivity contribution in [3.8, 4) is 0 Å². The molecule has 0 radical (unpaired) electrons. The number of amidine groups is 1. The topological polar surface area (TPSA) is 97.8 Å². The van der Waals surface area contributed by atoms with Crippen LogP contribution in [0.5, 0.6) is 0 Å². The molecule has 1 saturated carbocycles. The van der Waals surface area contributed by atoms with Gasteiger partial charge < -0.3 is 15.3 Å². The smallest absolute Gasteiger partial charge is 0.363 e. The van der Waals surface area contributed by atoms with Crippen molar-refractivity contribution in [1.29, 1.82) is 5.41 Å². The van der Waals surface area contributed by atoms with Crippen LogP contribution in [0.3, 0.4) is 0 Å². The highest BCUT2D eigenvalue weighted by atomic mass is 16.6. The third-order valence-corrected chi connectivity index (χ3v) is 2.23. The summed E-state index contributed by atoms with van der Waals surface area (Å²) in [7, 11) is 1.20. The lowest BCUT2D eigenvalue weighted by Gasteiger charge is -2.07. The fourth-order valence-corrected chi connectivity index (χ4v) is 1.41. The van der Waals surface area contributed by atoms with E-state index in [1.807, 2.05) is 0 Å². The molecule has 1 aliphatic carbocycles. The first-order valence-corrected chi connectivity index (χ1v) is 4.81. The van der Waals surface area contributed by atoms with Gasteiger partial charge in [-0.1, -0.05) is 5.16 Å². The maximum absolute atomic E-state index is 11.1. The number of ether oxygens (including phenoxy) is 1.